The minimum atomic E-state index is -0.212. The van der Waals surface area contributed by atoms with Gasteiger partial charge in [0.2, 0.25) is 0 Å². The van der Waals surface area contributed by atoms with Gasteiger partial charge in [0.1, 0.15) is 11.8 Å². The van der Waals surface area contributed by atoms with Crippen molar-refractivity contribution < 1.29 is 4.42 Å². The lowest BCUT2D eigenvalue weighted by Crippen LogP contribution is -2.30. The van der Waals surface area contributed by atoms with E-state index < -0.39 is 0 Å². The molecule has 0 amide bonds. The lowest BCUT2D eigenvalue weighted by atomic mass is 10.2. The van der Waals surface area contributed by atoms with Crippen LogP contribution >= 0.6 is 0 Å². The highest BCUT2D eigenvalue weighted by atomic mass is 16.3. The van der Waals surface area contributed by atoms with Crippen molar-refractivity contribution in [3.63, 3.8) is 0 Å². The summed E-state index contributed by atoms with van der Waals surface area (Å²) in [5.41, 5.74) is 3.61. The van der Waals surface area contributed by atoms with Crippen LogP contribution < -0.4 is 11.3 Å². The Bertz CT molecular complexity index is 422. The lowest BCUT2D eigenvalue weighted by Gasteiger charge is -2.14. The van der Waals surface area contributed by atoms with E-state index in [0.29, 0.717) is 0 Å². The van der Waals surface area contributed by atoms with E-state index in [1.807, 2.05) is 16.8 Å². The van der Waals surface area contributed by atoms with Gasteiger partial charge in [-0.2, -0.15) is 0 Å². The van der Waals surface area contributed by atoms with Crippen LogP contribution in [-0.2, 0) is 6.54 Å². The van der Waals surface area contributed by atoms with E-state index in [4.69, 9.17) is 10.3 Å². The minimum Gasteiger partial charge on any atom is -0.467 e. The zero-order valence-corrected chi connectivity index (χ0v) is 9.13. The number of hydrogen-bond donors (Lipinski definition) is 2. The van der Waals surface area contributed by atoms with Crippen LogP contribution in [0.3, 0.4) is 0 Å². The molecule has 6 nitrogen and oxygen atoms in total. The van der Waals surface area contributed by atoms with Crippen molar-refractivity contribution >= 4 is 0 Å². The highest BCUT2D eigenvalue weighted by molar-refractivity contribution is 5.17. The third-order valence-electron chi connectivity index (χ3n) is 2.37. The van der Waals surface area contributed by atoms with Crippen LogP contribution in [0.4, 0.5) is 0 Å². The number of aromatic nitrogens is 3. The predicted molar refractivity (Wildman–Crippen MR) is 58.2 cm³/mol. The Balaban J connectivity index is 2.30. The van der Waals surface area contributed by atoms with Crippen molar-refractivity contribution in [2.45, 2.75) is 25.9 Å². The van der Waals surface area contributed by atoms with Crippen molar-refractivity contribution in [3.05, 3.63) is 36.0 Å². The second-order valence-electron chi connectivity index (χ2n) is 3.50. The zero-order valence-electron chi connectivity index (χ0n) is 9.13. The Morgan fingerprint density at radius 2 is 2.50 bits per heavy atom. The maximum absolute atomic E-state index is 5.54. The van der Waals surface area contributed by atoms with Gasteiger partial charge in [0, 0.05) is 6.54 Å². The number of rotatable bonds is 5. The Labute approximate surface area is 93.4 Å². The molecule has 86 valence electrons. The number of aryl methyl sites for hydroxylation is 1. The number of furan rings is 1. The minimum absolute atomic E-state index is 0.212. The van der Waals surface area contributed by atoms with Gasteiger partial charge in [0.05, 0.1) is 18.2 Å². The second kappa shape index (κ2) is 4.91. The summed E-state index contributed by atoms with van der Waals surface area (Å²) >= 11 is 0. The zero-order chi connectivity index (χ0) is 11.4. The molecule has 0 fully saturated rings. The average Bonchev–Trinajstić information content (AvgIpc) is 2.92. The Morgan fingerprint density at radius 3 is 3.12 bits per heavy atom. The first-order valence-electron chi connectivity index (χ1n) is 5.24. The van der Waals surface area contributed by atoms with Gasteiger partial charge < -0.3 is 4.42 Å². The smallest absolute Gasteiger partial charge is 0.128 e. The van der Waals surface area contributed by atoms with Gasteiger partial charge in [0.15, 0.2) is 0 Å². The van der Waals surface area contributed by atoms with Gasteiger partial charge in [-0.05, 0) is 18.6 Å². The van der Waals surface area contributed by atoms with Crippen LogP contribution in [0.1, 0.15) is 30.8 Å². The van der Waals surface area contributed by atoms with E-state index >= 15 is 0 Å². The average molecular weight is 221 g/mol. The monoisotopic (exact) mass is 221 g/mol. The summed E-state index contributed by atoms with van der Waals surface area (Å²) in [5, 5.41) is 7.91. The topological polar surface area (TPSA) is 81.9 Å². The predicted octanol–water partition coefficient (Wildman–Crippen LogP) is 0.834. The number of nitrogens with two attached hydrogens (primary N) is 1. The molecule has 3 N–H and O–H groups in total. The first-order chi connectivity index (χ1) is 7.86. The van der Waals surface area contributed by atoms with Crippen molar-refractivity contribution in [1.82, 2.24) is 20.4 Å². The standard InChI is InChI=1S/C10H15N5O/c1-2-5-15-8(7-12-14-15)10(13-11)9-4-3-6-16-9/h3-4,6-7,10,13H,2,5,11H2,1H3. The molecule has 2 heterocycles. The molecule has 0 aliphatic heterocycles. The first-order valence-corrected chi connectivity index (χ1v) is 5.24. The molecule has 1 unspecified atom stereocenters. The van der Waals surface area contributed by atoms with E-state index in [1.54, 1.807) is 12.5 Å². The van der Waals surface area contributed by atoms with Crippen molar-refractivity contribution in [3.8, 4) is 0 Å². The molecule has 2 aromatic rings. The Kier molecular flexibility index (Phi) is 3.33. The van der Waals surface area contributed by atoms with Crippen LogP contribution in [-0.4, -0.2) is 15.0 Å². The third kappa shape index (κ3) is 1.98. The summed E-state index contributed by atoms with van der Waals surface area (Å²) in [6.45, 7) is 2.90. The number of nitrogens with zero attached hydrogens (tertiary/aromatic N) is 3. The highest BCUT2D eigenvalue weighted by Crippen LogP contribution is 2.20. The first kappa shape index (κ1) is 10.8. The van der Waals surface area contributed by atoms with Crippen LogP contribution in [0.25, 0.3) is 0 Å². The summed E-state index contributed by atoms with van der Waals surface area (Å²) in [6.07, 6.45) is 4.31. The molecule has 1 atom stereocenters. The summed E-state index contributed by atoms with van der Waals surface area (Å²) < 4.78 is 7.16. The van der Waals surface area contributed by atoms with Crippen molar-refractivity contribution in [2.24, 2.45) is 5.84 Å². The molecule has 2 aromatic heterocycles. The van der Waals surface area contributed by atoms with Crippen LogP contribution in [0.15, 0.2) is 29.0 Å². The van der Waals surface area contributed by atoms with Gasteiger partial charge in [0.25, 0.3) is 0 Å². The number of hydrazine groups is 1. The molecule has 0 radical (unpaired) electrons. The molecule has 0 aliphatic rings. The maximum Gasteiger partial charge on any atom is 0.128 e. The SMILES string of the molecule is CCCn1nncc1C(NN)c1ccco1. The van der Waals surface area contributed by atoms with E-state index in [9.17, 15) is 0 Å². The van der Waals surface area contributed by atoms with Gasteiger partial charge in [-0.15, -0.1) is 5.10 Å². The molecular weight excluding hydrogens is 206 g/mol. The van der Waals surface area contributed by atoms with E-state index in [2.05, 4.69) is 22.7 Å². The molecule has 0 spiro atoms. The van der Waals surface area contributed by atoms with E-state index in [0.717, 1.165) is 24.4 Å². The highest BCUT2D eigenvalue weighted by Gasteiger charge is 2.19. The quantitative estimate of drug-likeness (QED) is 0.577. The van der Waals surface area contributed by atoms with Gasteiger partial charge in [-0.3, -0.25) is 5.84 Å². The summed E-state index contributed by atoms with van der Waals surface area (Å²) in [5.74, 6) is 6.29. The molecule has 16 heavy (non-hydrogen) atoms. The normalized spacial score (nSPS) is 12.9. The van der Waals surface area contributed by atoms with Crippen LogP contribution in [0, 0.1) is 0 Å². The number of nitrogens with one attached hydrogen (secondary N) is 1. The fraction of sp³-hybridized carbons (Fsp3) is 0.400. The summed E-state index contributed by atoms with van der Waals surface area (Å²) in [4.78, 5) is 0. The van der Waals surface area contributed by atoms with Crippen molar-refractivity contribution in [1.29, 1.82) is 0 Å². The largest absolute Gasteiger partial charge is 0.467 e. The van der Waals surface area contributed by atoms with Crippen LogP contribution in [0.5, 0.6) is 0 Å². The molecular formula is C10H15N5O. The Morgan fingerprint density at radius 1 is 1.62 bits per heavy atom. The summed E-state index contributed by atoms with van der Waals surface area (Å²) in [6, 6.07) is 3.48. The van der Waals surface area contributed by atoms with E-state index in [-0.39, 0.29) is 6.04 Å². The molecule has 0 saturated heterocycles. The van der Waals surface area contributed by atoms with Gasteiger partial charge in [-0.1, -0.05) is 12.1 Å². The lowest BCUT2D eigenvalue weighted by molar-refractivity contribution is 0.427. The van der Waals surface area contributed by atoms with Gasteiger partial charge in [-0.25, -0.2) is 10.1 Å². The van der Waals surface area contributed by atoms with E-state index in [1.165, 1.54) is 0 Å². The second-order valence-corrected chi connectivity index (χ2v) is 3.50. The maximum atomic E-state index is 5.54. The molecule has 0 bridgehead atoms. The fourth-order valence-electron chi connectivity index (χ4n) is 1.64. The Hall–Kier alpha value is -1.66. The molecule has 6 heteroatoms. The fourth-order valence-corrected chi connectivity index (χ4v) is 1.64. The molecule has 0 aliphatic carbocycles. The molecule has 2 rings (SSSR count). The molecule has 0 saturated carbocycles. The number of hydrogen-bond acceptors (Lipinski definition) is 5. The van der Waals surface area contributed by atoms with Gasteiger partial charge >= 0.3 is 0 Å². The molecule has 0 aromatic carbocycles. The summed E-state index contributed by atoms with van der Waals surface area (Å²) in [7, 11) is 0. The third-order valence-corrected chi connectivity index (χ3v) is 2.37. The van der Waals surface area contributed by atoms with Crippen LogP contribution in [0.2, 0.25) is 0 Å². The van der Waals surface area contributed by atoms with Crippen molar-refractivity contribution in [2.75, 3.05) is 0 Å².